The second-order valence-electron chi connectivity index (χ2n) is 4.69. The van der Waals surface area contributed by atoms with Gasteiger partial charge >= 0.3 is 0 Å². The van der Waals surface area contributed by atoms with E-state index >= 15 is 0 Å². The van der Waals surface area contributed by atoms with E-state index in [-0.39, 0.29) is 6.61 Å². The Hall–Kier alpha value is -2.46. The van der Waals surface area contributed by atoms with Gasteiger partial charge in [0.05, 0.1) is 7.11 Å². The summed E-state index contributed by atoms with van der Waals surface area (Å²) >= 11 is 0. The lowest BCUT2D eigenvalue weighted by molar-refractivity contribution is 0.0902. The van der Waals surface area contributed by atoms with E-state index < -0.39 is 6.10 Å². The summed E-state index contributed by atoms with van der Waals surface area (Å²) in [7, 11) is 1.60. The van der Waals surface area contributed by atoms with Crippen LogP contribution in [0.15, 0.2) is 59.0 Å². The zero-order chi connectivity index (χ0) is 14.7. The van der Waals surface area contributed by atoms with Gasteiger partial charge in [-0.25, -0.2) is 0 Å². The van der Waals surface area contributed by atoms with E-state index in [1.807, 2.05) is 48.5 Å². The van der Waals surface area contributed by atoms with E-state index in [1.165, 1.54) is 0 Å². The van der Waals surface area contributed by atoms with Gasteiger partial charge in [-0.3, -0.25) is 0 Å². The molecule has 1 aromatic heterocycles. The van der Waals surface area contributed by atoms with Gasteiger partial charge in [-0.05, 0) is 24.3 Å². The second-order valence-corrected chi connectivity index (χ2v) is 4.69. The van der Waals surface area contributed by atoms with Crippen LogP contribution in [-0.2, 0) is 0 Å². The lowest BCUT2D eigenvalue weighted by Crippen LogP contribution is -2.08. The highest BCUT2D eigenvalue weighted by Crippen LogP contribution is 2.25. The van der Waals surface area contributed by atoms with Crippen LogP contribution in [0, 0.1) is 0 Å². The molecule has 1 heterocycles. The van der Waals surface area contributed by atoms with E-state index in [9.17, 15) is 5.11 Å². The standard InChI is InChI=1S/C17H16O4/c1-19-13-6-4-7-14(10-13)20-11-15(18)17-9-12-5-2-3-8-16(12)21-17/h2-10,15,18H,11H2,1H3. The first-order valence-electron chi connectivity index (χ1n) is 6.69. The maximum atomic E-state index is 10.2. The van der Waals surface area contributed by atoms with E-state index in [4.69, 9.17) is 13.9 Å². The molecule has 0 spiro atoms. The highest BCUT2D eigenvalue weighted by Gasteiger charge is 2.14. The summed E-state index contributed by atoms with van der Waals surface area (Å²) in [6.45, 7) is 0.118. The molecule has 3 rings (SSSR count). The number of rotatable bonds is 5. The molecule has 0 saturated carbocycles. The first-order chi connectivity index (χ1) is 10.3. The summed E-state index contributed by atoms with van der Waals surface area (Å²) < 4.78 is 16.3. The molecule has 2 aromatic carbocycles. The lowest BCUT2D eigenvalue weighted by atomic mass is 10.2. The number of hydrogen-bond acceptors (Lipinski definition) is 4. The Morgan fingerprint density at radius 3 is 2.67 bits per heavy atom. The molecular formula is C17H16O4. The van der Waals surface area contributed by atoms with Gasteiger partial charge < -0.3 is 19.0 Å². The quantitative estimate of drug-likeness (QED) is 0.778. The van der Waals surface area contributed by atoms with Crippen LogP contribution in [-0.4, -0.2) is 18.8 Å². The van der Waals surface area contributed by atoms with Crippen LogP contribution >= 0.6 is 0 Å². The van der Waals surface area contributed by atoms with Crippen molar-refractivity contribution >= 4 is 11.0 Å². The topological polar surface area (TPSA) is 51.8 Å². The van der Waals surface area contributed by atoms with Crippen molar-refractivity contribution in [2.45, 2.75) is 6.10 Å². The minimum Gasteiger partial charge on any atom is -0.497 e. The molecule has 108 valence electrons. The zero-order valence-corrected chi connectivity index (χ0v) is 11.7. The fourth-order valence-electron chi connectivity index (χ4n) is 2.11. The largest absolute Gasteiger partial charge is 0.497 e. The highest BCUT2D eigenvalue weighted by molar-refractivity contribution is 5.77. The minimum absolute atomic E-state index is 0.118. The number of ether oxygens (including phenoxy) is 2. The van der Waals surface area contributed by atoms with Gasteiger partial charge in [-0.2, -0.15) is 0 Å². The number of aliphatic hydroxyl groups is 1. The van der Waals surface area contributed by atoms with Gasteiger partial charge in [0.15, 0.2) is 0 Å². The predicted octanol–water partition coefficient (Wildman–Crippen LogP) is 3.55. The number of benzene rings is 2. The molecule has 0 bridgehead atoms. The molecule has 0 fully saturated rings. The second kappa shape index (κ2) is 5.89. The van der Waals surface area contributed by atoms with Crippen LogP contribution in [0.25, 0.3) is 11.0 Å². The molecule has 1 unspecified atom stereocenters. The lowest BCUT2D eigenvalue weighted by Gasteiger charge is -2.11. The molecule has 1 atom stereocenters. The van der Waals surface area contributed by atoms with Crippen LogP contribution in [0.4, 0.5) is 0 Å². The van der Waals surface area contributed by atoms with E-state index in [0.717, 1.165) is 11.0 Å². The maximum absolute atomic E-state index is 10.2. The summed E-state index contributed by atoms with van der Waals surface area (Å²) in [4.78, 5) is 0. The number of methoxy groups -OCH3 is 1. The Morgan fingerprint density at radius 2 is 1.86 bits per heavy atom. The van der Waals surface area contributed by atoms with Crippen molar-refractivity contribution in [3.63, 3.8) is 0 Å². The van der Waals surface area contributed by atoms with Crippen LogP contribution in [0.3, 0.4) is 0 Å². The molecule has 0 aliphatic heterocycles. The summed E-state index contributed by atoms with van der Waals surface area (Å²) in [6.07, 6.45) is -0.816. The van der Waals surface area contributed by atoms with Crippen molar-refractivity contribution in [1.82, 2.24) is 0 Å². The molecule has 0 radical (unpaired) electrons. The van der Waals surface area contributed by atoms with Crippen molar-refractivity contribution in [2.75, 3.05) is 13.7 Å². The third kappa shape index (κ3) is 3.01. The Balaban J connectivity index is 1.69. The normalized spacial score (nSPS) is 12.3. The monoisotopic (exact) mass is 284 g/mol. The molecule has 4 nitrogen and oxygen atoms in total. The summed E-state index contributed by atoms with van der Waals surface area (Å²) in [6, 6.07) is 16.7. The molecule has 3 aromatic rings. The molecule has 4 heteroatoms. The van der Waals surface area contributed by atoms with Gasteiger partial charge in [0, 0.05) is 11.5 Å². The van der Waals surface area contributed by atoms with Crippen LogP contribution < -0.4 is 9.47 Å². The van der Waals surface area contributed by atoms with Crippen molar-refractivity contribution in [2.24, 2.45) is 0 Å². The predicted molar refractivity (Wildman–Crippen MR) is 79.7 cm³/mol. The third-order valence-corrected chi connectivity index (χ3v) is 3.22. The Morgan fingerprint density at radius 1 is 1.05 bits per heavy atom. The fraction of sp³-hybridized carbons (Fsp3) is 0.176. The Bertz CT molecular complexity index is 699. The molecule has 0 aliphatic rings. The highest BCUT2D eigenvalue weighted by atomic mass is 16.5. The smallest absolute Gasteiger partial charge is 0.145 e. The average molecular weight is 284 g/mol. The van der Waals surface area contributed by atoms with Crippen LogP contribution in [0.5, 0.6) is 11.5 Å². The van der Waals surface area contributed by atoms with Gasteiger partial charge in [0.2, 0.25) is 0 Å². The van der Waals surface area contributed by atoms with Crippen molar-refractivity contribution in [3.05, 3.63) is 60.4 Å². The Kier molecular flexibility index (Phi) is 3.79. The molecular weight excluding hydrogens is 268 g/mol. The van der Waals surface area contributed by atoms with Gasteiger partial charge in [0.25, 0.3) is 0 Å². The van der Waals surface area contributed by atoms with Crippen LogP contribution in [0.1, 0.15) is 11.9 Å². The first-order valence-corrected chi connectivity index (χ1v) is 6.69. The molecule has 21 heavy (non-hydrogen) atoms. The average Bonchev–Trinajstić information content (AvgIpc) is 2.97. The third-order valence-electron chi connectivity index (χ3n) is 3.22. The van der Waals surface area contributed by atoms with E-state index in [0.29, 0.717) is 17.3 Å². The van der Waals surface area contributed by atoms with Gasteiger partial charge in [-0.15, -0.1) is 0 Å². The van der Waals surface area contributed by atoms with Gasteiger partial charge in [-0.1, -0.05) is 24.3 Å². The summed E-state index contributed by atoms with van der Waals surface area (Å²) in [5.41, 5.74) is 0.757. The molecule has 1 N–H and O–H groups in total. The van der Waals surface area contributed by atoms with Crippen LogP contribution in [0.2, 0.25) is 0 Å². The number of furan rings is 1. The van der Waals surface area contributed by atoms with E-state index in [2.05, 4.69) is 0 Å². The van der Waals surface area contributed by atoms with Gasteiger partial charge in [0.1, 0.15) is 35.6 Å². The first kappa shape index (κ1) is 13.5. The molecule has 0 saturated heterocycles. The molecule has 0 aliphatic carbocycles. The fourth-order valence-corrected chi connectivity index (χ4v) is 2.11. The SMILES string of the molecule is COc1cccc(OCC(O)c2cc3ccccc3o2)c1. The number of hydrogen-bond donors (Lipinski definition) is 1. The summed E-state index contributed by atoms with van der Waals surface area (Å²) in [5, 5.41) is 11.1. The number of fused-ring (bicyclic) bond motifs is 1. The van der Waals surface area contributed by atoms with Crippen molar-refractivity contribution in [3.8, 4) is 11.5 Å². The van der Waals surface area contributed by atoms with Crippen molar-refractivity contribution in [1.29, 1.82) is 0 Å². The number of para-hydroxylation sites is 1. The minimum atomic E-state index is -0.816. The van der Waals surface area contributed by atoms with Crippen molar-refractivity contribution < 1.29 is 19.0 Å². The van der Waals surface area contributed by atoms with E-state index in [1.54, 1.807) is 13.2 Å². The number of aliphatic hydroxyl groups excluding tert-OH is 1. The summed E-state index contributed by atoms with van der Waals surface area (Å²) in [5.74, 6) is 1.86. The Labute approximate surface area is 122 Å². The maximum Gasteiger partial charge on any atom is 0.145 e. The molecule has 0 amide bonds. The zero-order valence-electron chi connectivity index (χ0n) is 11.7.